The molecule has 6 heteroatoms. The van der Waals surface area contributed by atoms with Crippen LogP contribution in [0.2, 0.25) is 0 Å². The molecule has 1 unspecified atom stereocenters. The second-order valence-electron chi connectivity index (χ2n) is 4.34. The van der Waals surface area contributed by atoms with E-state index in [1.807, 2.05) is 24.4 Å². The molecule has 106 valence electrons. The van der Waals surface area contributed by atoms with Gasteiger partial charge >= 0.3 is 12.0 Å². The first kappa shape index (κ1) is 15.5. The lowest BCUT2D eigenvalue weighted by molar-refractivity contribution is -0.138. The molecule has 0 saturated carbocycles. The van der Waals surface area contributed by atoms with Crippen molar-refractivity contribution in [1.29, 1.82) is 0 Å². The molecule has 19 heavy (non-hydrogen) atoms. The van der Waals surface area contributed by atoms with E-state index >= 15 is 0 Å². The number of rotatable bonds is 8. The lowest BCUT2D eigenvalue weighted by atomic mass is 10.0. The fourth-order valence-corrected chi connectivity index (χ4v) is 2.37. The van der Waals surface area contributed by atoms with Crippen LogP contribution >= 0.6 is 11.3 Å². The Labute approximate surface area is 117 Å². The Kier molecular flexibility index (Phi) is 6.95. The van der Waals surface area contributed by atoms with Gasteiger partial charge in [0.25, 0.3) is 0 Å². The molecule has 0 spiro atoms. The van der Waals surface area contributed by atoms with Gasteiger partial charge in [-0.15, -0.1) is 11.3 Å². The van der Waals surface area contributed by atoms with Crippen LogP contribution in [0.25, 0.3) is 0 Å². The minimum Gasteiger partial charge on any atom is -0.481 e. The van der Waals surface area contributed by atoms with E-state index in [1.54, 1.807) is 11.3 Å². The van der Waals surface area contributed by atoms with Crippen LogP contribution in [0.5, 0.6) is 0 Å². The van der Waals surface area contributed by atoms with Crippen LogP contribution in [0, 0.1) is 5.92 Å². The average molecular weight is 284 g/mol. The van der Waals surface area contributed by atoms with Gasteiger partial charge < -0.3 is 15.7 Å². The highest BCUT2D eigenvalue weighted by atomic mass is 32.1. The van der Waals surface area contributed by atoms with Gasteiger partial charge in [0.2, 0.25) is 0 Å². The third kappa shape index (κ3) is 6.81. The number of aliphatic carboxylic acids is 1. The number of nitrogens with one attached hydrogen (secondary N) is 2. The zero-order valence-electron chi connectivity index (χ0n) is 11.0. The van der Waals surface area contributed by atoms with Crippen molar-refractivity contribution in [3.05, 3.63) is 22.4 Å². The van der Waals surface area contributed by atoms with Crippen molar-refractivity contribution < 1.29 is 14.7 Å². The lowest BCUT2D eigenvalue weighted by Crippen LogP contribution is -2.39. The molecule has 1 rings (SSSR count). The predicted molar refractivity (Wildman–Crippen MR) is 75.5 cm³/mol. The van der Waals surface area contributed by atoms with Crippen LogP contribution in [0.15, 0.2) is 17.5 Å². The SMILES string of the molecule is CCC(CNC(=O)NCCc1cccs1)CC(=O)O. The summed E-state index contributed by atoms with van der Waals surface area (Å²) in [5, 5.41) is 16.2. The largest absolute Gasteiger partial charge is 0.481 e. The van der Waals surface area contributed by atoms with Gasteiger partial charge in [0, 0.05) is 24.4 Å². The second-order valence-corrected chi connectivity index (χ2v) is 5.37. The second kappa shape index (κ2) is 8.53. The van der Waals surface area contributed by atoms with Crippen molar-refractivity contribution >= 4 is 23.3 Å². The fraction of sp³-hybridized carbons (Fsp3) is 0.538. The number of carbonyl (C=O) groups is 2. The van der Waals surface area contributed by atoms with E-state index in [4.69, 9.17) is 5.11 Å². The minimum absolute atomic E-state index is 0.0134. The first-order valence-electron chi connectivity index (χ1n) is 6.37. The molecule has 0 radical (unpaired) electrons. The van der Waals surface area contributed by atoms with Gasteiger partial charge in [0.1, 0.15) is 0 Å². The highest BCUT2D eigenvalue weighted by Crippen LogP contribution is 2.08. The fourth-order valence-electron chi connectivity index (χ4n) is 1.66. The van der Waals surface area contributed by atoms with Crippen molar-refractivity contribution in [2.24, 2.45) is 5.92 Å². The first-order chi connectivity index (χ1) is 9.11. The van der Waals surface area contributed by atoms with Gasteiger partial charge in [0.05, 0.1) is 0 Å². The summed E-state index contributed by atoms with van der Waals surface area (Å²) in [5.41, 5.74) is 0. The molecule has 0 aliphatic rings. The summed E-state index contributed by atoms with van der Waals surface area (Å²) in [6.45, 7) is 2.90. The quantitative estimate of drug-likeness (QED) is 0.684. The molecule has 2 amide bonds. The van der Waals surface area contributed by atoms with Gasteiger partial charge in [-0.3, -0.25) is 4.79 Å². The number of thiophene rings is 1. The zero-order chi connectivity index (χ0) is 14.1. The van der Waals surface area contributed by atoms with E-state index in [0.717, 1.165) is 12.8 Å². The summed E-state index contributed by atoms with van der Waals surface area (Å²) < 4.78 is 0. The molecule has 0 saturated heterocycles. The molecule has 0 fully saturated rings. The summed E-state index contributed by atoms with van der Waals surface area (Å²) >= 11 is 1.67. The summed E-state index contributed by atoms with van der Waals surface area (Å²) in [6, 6.07) is 3.78. The average Bonchev–Trinajstić information content (AvgIpc) is 2.87. The van der Waals surface area contributed by atoms with E-state index in [2.05, 4.69) is 10.6 Å². The van der Waals surface area contributed by atoms with E-state index in [1.165, 1.54) is 4.88 Å². The van der Waals surface area contributed by atoms with Crippen molar-refractivity contribution in [3.8, 4) is 0 Å². The number of hydrogen-bond donors (Lipinski definition) is 3. The van der Waals surface area contributed by atoms with Crippen LogP contribution in [-0.2, 0) is 11.2 Å². The Hall–Kier alpha value is -1.56. The highest BCUT2D eigenvalue weighted by molar-refractivity contribution is 7.09. The molecule has 5 nitrogen and oxygen atoms in total. The van der Waals surface area contributed by atoms with Gasteiger partial charge in [-0.2, -0.15) is 0 Å². The minimum atomic E-state index is -0.827. The molecular formula is C13H20N2O3S. The van der Waals surface area contributed by atoms with Gasteiger partial charge in [-0.1, -0.05) is 19.4 Å². The van der Waals surface area contributed by atoms with Crippen LogP contribution in [0.1, 0.15) is 24.6 Å². The van der Waals surface area contributed by atoms with E-state index < -0.39 is 5.97 Å². The zero-order valence-corrected chi connectivity index (χ0v) is 11.8. The van der Waals surface area contributed by atoms with Crippen molar-refractivity contribution in [2.75, 3.05) is 13.1 Å². The molecule has 0 aromatic carbocycles. The third-order valence-corrected chi connectivity index (χ3v) is 3.77. The molecule has 1 aromatic heterocycles. The summed E-state index contributed by atoms with van der Waals surface area (Å²) in [5.74, 6) is -0.840. The van der Waals surface area contributed by atoms with Crippen LogP contribution in [0.4, 0.5) is 4.79 Å². The first-order valence-corrected chi connectivity index (χ1v) is 7.25. The van der Waals surface area contributed by atoms with Crippen molar-refractivity contribution in [2.45, 2.75) is 26.2 Å². The van der Waals surface area contributed by atoms with Crippen LogP contribution in [0.3, 0.4) is 0 Å². The van der Waals surface area contributed by atoms with Crippen LogP contribution in [-0.4, -0.2) is 30.2 Å². The standard InChI is InChI=1S/C13H20N2O3S/c1-2-10(8-12(16)17)9-15-13(18)14-6-5-11-4-3-7-19-11/h3-4,7,10H,2,5-6,8-9H2,1H3,(H,16,17)(H2,14,15,18). The molecule has 0 aliphatic carbocycles. The number of amides is 2. The summed E-state index contributed by atoms with van der Waals surface area (Å²) in [6.07, 6.45) is 1.64. The maximum Gasteiger partial charge on any atom is 0.314 e. The van der Waals surface area contributed by atoms with E-state index in [-0.39, 0.29) is 18.4 Å². The number of carbonyl (C=O) groups excluding carboxylic acids is 1. The normalized spacial score (nSPS) is 11.8. The molecule has 1 atom stereocenters. The van der Waals surface area contributed by atoms with Crippen molar-refractivity contribution in [1.82, 2.24) is 10.6 Å². The van der Waals surface area contributed by atoms with E-state index in [9.17, 15) is 9.59 Å². The molecule has 1 aromatic rings. The summed E-state index contributed by atoms with van der Waals surface area (Å²) in [4.78, 5) is 23.3. The smallest absolute Gasteiger partial charge is 0.314 e. The molecule has 1 heterocycles. The topological polar surface area (TPSA) is 78.4 Å². The number of carboxylic acids is 1. The van der Waals surface area contributed by atoms with E-state index in [0.29, 0.717) is 13.1 Å². The Morgan fingerprint density at radius 3 is 2.79 bits per heavy atom. The number of urea groups is 1. The van der Waals surface area contributed by atoms with Crippen molar-refractivity contribution in [3.63, 3.8) is 0 Å². The highest BCUT2D eigenvalue weighted by Gasteiger charge is 2.12. The van der Waals surface area contributed by atoms with Gasteiger partial charge in [0.15, 0.2) is 0 Å². The van der Waals surface area contributed by atoms with Crippen LogP contribution < -0.4 is 10.6 Å². The van der Waals surface area contributed by atoms with Gasteiger partial charge in [-0.25, -0.2) is 4.79 Å². The molecular weight excluding hydrogens is 264 g/mol. The number of hydrogen-bond acceptors (Lipinski definition) is 3. The molecule has 0 aliphatic heterocycles. The maximum atomic E-state index is 11.5. The number of carboxylic acid groups (broad SMARTS) is 1. The predicted octanol–water partition coefficient (Wildman–Crippen LogP) is 2.09. The Bertz CT molecular complexity index is 393. The Morgan fingerprint density at radius 1 is 1.42 bits per heavy atom. The lowest BCUT2D eigenvalue weighted by Gasteiger charge is -2.13. The monoisotopic (exact) mass is 284 g/mol. The summed E-state index contributed by atoms with van der Waals surface area (Å²) in [7, 11) is 0. The third-order valence-electron chi connectivity index (χ3n) is 2.83. The molecule has 0 bridgehead atoms. The van der Waals surface area contributed by atoms with Gasteiger partial charge in [-0.05, 0) is 23.8 Å². The maximum absolute atomic E-state index is 11.5. The molecule has 3 N–H and O–H groups in total. The Morgan fingerprint density at radius 2 is 2.21 bits per heavy atom. The Balaban J connectivity index is 2.14.